The Morgan fingerprint density at radius 1 is 0.508 bits per heavy atom. The number of rotatable bonds is 43. The van der Waals surface area contributed by atoms with Crippen molar-refractivity contribution in [2.45, 2.75) is 307 Å². The molecule has 0 aromatic carbocycles. The molecule has 9 nitrogen and oxygen atoms in total. The number of unbranched alkanes of at least 4 members (excludes halogenated alkanes) is 33. The highest BCUT2D eigenvalue weighted by molar-refractivity contribution is 5.76. The number of ether oxygens (including phenoxy) is 2. The molecule has 1 unspecified atom stereocenters. The smallest absolute Gasteiger partial charge is 0.220 e. The van der Waals surface area contributed by atoms with Gasteiger partial charge in [0.25, 0.3) is 0 Å². The molecule has 352 valence electrons. The molecule has 1 aliphatic rings. The van der Waals surface area contributed by atoms with Crippen molar-refractivity contribution in [3.05, 3.63) is 0 Å². The fourth-order valence-electron chi connectivity index (χ4n) is 8.56. The lowest BCUT2D eigenvalue weighted by atomic mass is 9.98. The van der Waals surface area contributed by atoms with Crippen molar-refractivity contribution in [2.24, 2.45) is 0 Å². The number of amides is 1. The van der Waals surface area contributed by atoms with Crippen LogP contribution in [0, 0.1) is 0 Å². The number of hydrogen-bond acceptors (Lipinski definition) is 8. The monoisotopic (exact) mass is 842 g/mol. The zero-order chi connectivity index (χ0) is 43.2. The van der Waals surface area contributed by atoms with Crippen molar-refractivity contribution in [3.63, 3.8) is 0 Å². The predicted molar refractivity (Wildman–Crippen MR) is 244 cm³/mol. The van der Waals surface area contributed by atoms with Gasteiger partial charge in [0.15, 0.2) is 6.29 Å². The van der Waals surface area contributed by atoms with Crippen LogP contribution < -0.4 is 5.32 Å². The molecule has 0 spiro atoms. The minimum absolute atomic E-state index is 0.215. The first-order valence-corrected chi connectivity index (χ1v) is 25.7. The normalized spacial score (nSPS) is 21.1. The topological polar surface area (TPSA) is 149 Å². The summed E-state index contributed by atoms with van der Waals surface area (Å²) in [6, 6.07) is -0.922. The first-order valence-electron chi connectivity index (χ1n) is 25.7. The Morgan fingerprint density at radius 3 is 1.22 bits per heavy atom. The van der Waals surface area contributed by atoms with Crippen molar-refractivity contribution in [3.8, 4) is 0 Å². The summed E-state index contributed by atoms with van der Waals surface area (Å²) in [7, 11) is 0. The highest BCUT2D eigenvalue weighted by Gasteiger charge is 2.43. The highest BCUT2D eigenvalue weighted by atomic mass is 16.7. The first kappa shape index (κ1) is 56.2. The minimum Gasteiger partial charge on any atom is -0.390 e. The molecule has 0 aliphatic carbocycles. The van der Waals surface area contributed by atoms with E-state index in [9.17, 15) is 30.3 Å². The maximum atomic E-state index is 13.0. The molecule has 0 saturated carbocycles. The van der Waals surface area contributed by atoms with Gasteiger partial charge in [-0.1, -0.05) is 232 Å². The van der Waals surface area contributed by atoms with Crippen LogP contribution in [0.1, 0.15) is 258 Å². The quantitative estimate of drug-likeness (QED) is 0.0332. The maximum Gasteiger partial charge on any atom is 0.220 e. The van der Waals surface area contributed by atoms with Gasteiger partial charge in [-0.15, -0.1) is 0 Å². The van der Waals surface area contributed by atoms with Gasteiger partial charge in [-0.05, 0) is 19.8 Å². The molecule has 1 fully saturated rings. The Hall–Kier alpha value is -0.810. The molecule has 9 heteroatoms. The van der Waals surface area contributed by atoms with Gasteiger partial charge >= 0.3 is 0 Å². The van der Waals surface area contributed by atoms with Crippen molar-refractivity contribution in [2.75, 3.05) is 6.61 Å². The van der Waals surface area contributed by atoms with Gasteiger partial charge in [0.05, 0.1) is 24.9 Å². The summed E-state index contributed by atoms with van der Waals surface area (Å²) in [6.07, 6.45) is 37.1. The predicted octanol–water partition coefficient (Wildman–Crippen LogP) is 11.5. The zero-order valence-corrected chi connectivity index (χ0v) is 38.9. The molecule has 1 rings (SSSR count). The summed E-state index contributed by atoms with van der Waals surface area (Å²) in [5, 5.41) is 55.7. The molecule has 0 radical (unpaired) electrons. The van der Waals surface area contributed by atoms with Crippen LogP contribution in [0.4, 0.5) is 0 Å². The van der Waals surface area contributed by atoms with E-state index in [4.69, 9.17) is 9.47 Å². The van der Waals surface area contributed by atoms with E-state index in [1.165, 1.54) is 186 Å². The van der Waals surface area contributed by atoms with Gasteiger partial charge in [0.2, 0.25) is 5.91 Å². The lowest BCUT2D eigenvalue weighted by Gasteiger charge is -2.39. The van der Waals surface area contributed by atoms with Crippen molar-refractivity contribution >= 4 is 5.91 Å². The summed E-state index contributed by atoms with van der Waals surface area (Å²) >= 11 is 0. The van der Waals surface area contributed by atoms with E-state index >= 15 is 0 Å². The van der Waals surface area contributed by atoms with Crippen LogP contribution in [0.2, 0.25) is 0 Å². The Kier molecular flexibility index (Phi) is 38.1. The molecule has 1 heterocycles. The van der Waals surface area contributed by atoms with Gasteiger partial charge in [-0.2, -0.15) is 0 Å². The van der Waals surface area contributed by atoms with E-state index in [0.717, 1.165) is 38.5 Å². The van der Waals surface area contributed by atoms with Gasteiger partial charge in [0.1, 0.15) is 24.4 Å². The second-order valence-corrected chi connectivity index (χ2v) is 18.5. The van der Waals surface area contributed by atoms with Crippen LogP contribution >= 0.6 is 0 Å². The van der Waals surface area contributed by atoms with Gasteiger partial charge in [-0.25, -0.2) is 0 Å². The third kappa shape index (κ3) is 30.8. The number of hydrogen-bond donors (Lipinski definition) is 6. The lowest BCUT2D eigenvalue weighted by Crippen LogP contribution is -2.58. The molecule has 1 amide bonds. The number of aliphatic hydroxyl groups is 5. The SMILES string of the molecule is CCCCCCCCCCCCCCCCCCCCCCCCCC(=O)N[C@@H](CO[C@@H]1O[C@@H](C)[C@@H](O)[C@H](O)C1O)[C@H](O)[C@H](O)CCCCCCCCCCCCCC. The van der Waals surface area contributed by atoms with E-state index < -0.39 is 49.0 Å². The molecule has 0 aromatic rings. The summed E-state index contributed by atoms with van der Waals surface area (Å²) in [5.74, 6) is -0.215. The first-order chi connectivity index (χ1) is 28.7. The van der Waals surface area contributed by atoms with Crippen LogP contribution in [0.5, 0.6) is 0 Å². The average Bonchev–Trinajstić information content (AvgIpc) is 3.23. The van der Waals surface area contributed by atoms with Gasteiger partial charge < -0.3 is 40.3 Å². The maximum absolute atomic E-state index is 13.0. The molecule has 1 aliphatic heterocycles. The molecular weight excluding hydrogens is 743 g/mol. The van der Waals surface area contributed by atoms with Crippen molar-refractivity contribution in [1.29, 1.82) is 0 Å². The average molecular weight is 842 g/mol. The lowest BCUT2D eigenvalue weighted by molar-refractivity contribution is -0.295. The van der Waals surface area contributed by atoms with E-state index in [2.05, 4.69) is 19.2 Å². The minimum atomic E-state index is -1.49. The third-order valence-electron chi connectivity index (χ3n) is 12.8. The molecule has 8 atom stereocenters. The summed E-state index contributed by atoms with van der Waals surface area (Å²) in [5.41, 5.74) is 0. The Labute approximate surface area is 364 Å². The van der Waals surface area contributed by atoms with Crippen LogP contribution in [-0.2, 0) is 14.3 Å². The molecule has 1 saturated heterocycles. The Morgan fingerprint density at radius 2 is 0.847 bits per heavy atom. The number of carbonyl (C=O) groups excluding carboxylic acids is 1. The number of aliphatic hydroxyl groups excluding tert-OH is 5. The van der Waals surface area contributed by atoms with E-state index in [-0.39, 0.29) is 12.5 Å². The van der Waals surface area contributed by atoms with Crippen LogP contribution in [0.15, 0.2) is 0 Å². The van der Waals surface area contributed by atoms with Gasteiger partial charge in [0, 0.05) is 6.42 Å². The van der Waals surface area contributed by atoms with Crippen LogP contribution in [-0.4, -0.2) is 87.0 Å². The summed E-state index contributed by atoms with van der Waals surface area (Å²) < 4.78 is 11.3. The zero-order valence-electron chi connectivity index (χ0n) is 38.9. The molecule has 59 heavy (non-hydrogen) atoms. The molecule has 0 bridgehead atoms. The number of carbonyl (C=O) groups is 1. The fourth-order valence-corrected chi connectivity index (χ4v) is 8.56. The Bertz CT molecular complexity index is 910. The van der Waals surface area contributed by atoms with Crippen molar-refractivity contribution in [1.82, 2.24) is 5.32 Å². The molecule has 6 N–H and O–H groups in total. The fraction of sp³-hybridized carbons (Fsp3) is 0.980. The Balaban J connectivity index is 2.23. The third-order valence-corrected chi connectivity index (χ3v) is 12.8. The number of nitrogens with one attached hydrogen (secondary N) is 1. The van der Waals surface area contributed by atoms with E-state index in [1.54, 1.807) is 6.92 Å². The largest absolute Gasteiger partial charge is 0.390 e. The van der Waals surface area contributed by atoms with E-state index in [1.807, 2.05) is 0 Å². The standard InChI is InChI=1S/C50H99NO8/c1-4-6-8-10-12-14-16-18-19-20-21-22-23-24-25-26-27-28-30-32-34-36-38-40-45(53)51-43(41-58-50-49(57)48(56)46(54)42(3)59-50)47(55)44(52)39-37-35-33-31-29-17-15-13-11-9-7-5-2/h42-44,46-50,52,54-57H,4-41H2,1-3H3,(H,51,53)/t42-,43-,44+,46+,47-,48-,49?,50+/m0/s1. The second-order valence-electron chi connectivity index (χ2n) is 18.5. The molecular formula is C50H99NO8. The second kappa shape index (κ2) is 40.0. The summed E-state index contributed by atoms with van der Waals surface area (Å²) in [4.78, 5) is 13.0. The van der Waals surface area contributed by atoms with E-state index in [0.29, 0.717) is 12.8 Å². The molecule has 0 aromatic heterocycles. The van der Waals surface area contributed by atoms with Crippen LogP contribution in [0.25, 0.3) is 0 Å². The van der Waals surface area contributed by atoms with Crippen LogP contribution in [0.3, 0.4) is 0 Å². The van der Waals surface area contributed by atoms with Gasteiger partial charge in [-0.3, -0.25) is 4.79 Å². The highest BCUT2D eigenvalue weighted by Crippen LogP contribution is 2.23. The summed E-state index contributed by atoms with van der Waals surface area (Å²) in [6.45, 7) is 5.88. The van der Waals surface area contributed by atoms with Crippen molar-refractivity contribution < 1.29 is 39.8 Å².